The van der Waals surface area contributed by atoms with Crippen LogP contribution in [-0.2, 0) is 15.6 Å². The second-order valence-electron chi connectivity index (χ2n) is 3.83. The molecule has 0 aliphatic rings. The van der Waals surface area contributed by atoms with Crippen LogP contribution in [0.25, 0.3) is 0 Å². The van der Waals surface area contributed by atoms with E-state index in [9.17, 15) is 9.00 Å². The average molecular weight is 220 g/mol. The van der Waals surface area contributed by atoms with E-state index in [1.165, 1.54) is 0 Å². The summed E-state index contributed by atoms with van der Waals surface area (Å²) in [6.07, 6.45) is 0. The van der Waals surface area contributed by atoms with Gasteiger partial charge in [-0.05, 0) is 27.7 Å². The standard InChI is InChI=1S/C9H20N2O2S/c1-6(2)11-9(12)8(4)14(13)5-7(3)10/h6-8H,5,10H2,1-4H3,(H,11,12). The van der Waals surface area contributed by atoms with E-state index < -0.39 is 16.0 Å². The predicted molar refractivity (Wildman–Crippen MR) is 59.4 cm³/mol. The van der Waals surface area contributed by atoms with Crippen LogP contribution in [0.4, 0.5) is 0 Å². The van der Waals surface area contributed by atoms with Crippen molar-refractivity contribution < 1.29 is 9.00 Å². The summed E-state index contributed by atoms with van der Waals surface area (Å²) in [5.41, 5.74) is 5.51. The monoisotopic (exact) mass is 220 g/mol. The third-order valence-electron chi connectivity index (χ3n) is 1.62. The van der Waals surface area contributed by atoms with Gasteiger partial charge in [0.2, 0.25) is 5.91 Å². The molecule has 0 aromatic carbocycles. The van der Waals surface area contributed by atoms with Crippen molar-refractivity contribution in [2.45, 2.75) is 45.0 Å². The molecule has 3 unspecified atom stereocenters. The smallest absolute Gasteiger partial charge is 0.235 e. The van der Waals surface area contributed by atoms with E-state index >= 15 is 0 Å². The molecule has 3 N–H and O–H groups in total. The number of hydrogen-bond acceptors (Lipinski definition) is 3. The summed E-state index contributed by atoms with van der Waals surface area (Å²) >= 11 is 0. The minimum absolute atomic E-state index is 0.0808. The molecule has 4 nitrogen and oxygen atoms in total. The van der Waals surface area contributed by atoms with Gasteiger partial charge in [-0.2, -0.15) is 0 Å². The molecule has 0 radical (unpaired) electrons. The SMILES string of the molecule is CC(N)CS(=O)C(C)C(=O)NC(C)C. The summed E-state index contributed by atoms with van der Waals surface area (Å²) in [5.74, 6) is 0.200. The zero-order valence-electron chi connectivity index (χ0n) is 9.24. The lowest BCUT2D eigenvalue weighted by Crippen LogP contribution is -2.41. The number of rotatable bonds is 5. The van der Waals surface area contributed by atoms with E-state index in [1.807, 2.05) is 13.8 Å². The van der Waals surface area contributed by atoms with Gasteiger partial charge in [0, 0.05) is 28.6 Å². The summed E-state index contributed by atoms with van der Waals surface area (Å²) in [5, 5.41) is 2.24. The van der Waals surface area contributed by atoms with Crippen molar-refractivity contribution in [1.29, 1.82) is 0 Å². The van der Waals surface area contributed by atoms with E-state index in [-0.39, 0.29) is 18.0 Å². The minimum atomic E-state index is -1.18. The number of nitrogens with one attached hydrogen (secondary N) is 1. The number of nitrogens with two attached hydrogens (primary N) is 1. The Kier molecular flexibility index (Phi) is 5.95. The zero-order valence-corrected chi connectivity index (χ0v) is 10.1. The molecule has 0 spiro atoms. The largest absolute Gasteiger partial charge is 0.353 e. The Morgan fingerprint density at radius 3 is 2.21 bits per heavy atom. The highest BCUT2D eigenvalue weighted by atomic mass is 32.2. The normalized spacial score (nSPS) is 17.6. The Labute approximate surface area is 88.1 Å². The van der Waals surface area contributed by atoms with Crippen LogP contribution in [0.2, 0.25) is 0 Å². The molecular weight excluding hydrogens is 200 g/mol. The molecule has 0 saturated heterocycles. The Bertz CT molecular complexity index is 195. The number of carbonyl (C=O) groups excluding carboxylic acids is 1. The summed E-state index contributed by atoms with van der Waals surface area (Å²) in [4.78, 5) is 11.4. The van der Waals surface area contributed by atoms with Gasteiger partial charge in [-0.15, -0.1) is 0 Å². The van der Waals surface area contributed by atoms with Crippen molar-refractivity contribution in [3.63, 3.8) is 0 Å². The Morgan fingerprint density at radius 1 is 1.36 bits per heavy atom. The van der Waals surface area contributed by atoms with Gasteiger partial charge in [0.05, 0.1) is 0 Å². The van der Waals surface area contributed by atoms with Crippen LogP contribution in [0.5, 0.6) is 0 Å². The van der Waals surface area contributed by atoms with Crippen LogP contribution >= 0.6 is 0 Å². The maximum atomic E-state index is 11.5. The van der Waals surface area contributed by atoms with Gasteiger partial charge in [-0.3, -0.25) is 9.00 Å². The fourth-order valence-corrected chi connectivity index (χ4v) is 2.04. The molecule has 0 rings (SSSR count). The molecule has 0 heterocycles. The molecule has 0 aliphatic heterocycles. The maximum Gasteiger partial charge on any atom is 0.235 e. The maximum absolute atomic E-state index is 11.5. The summed E-state index contributed by atoms with van der Waals surface area (Å²) in [7, 11) is -1.18. The number of amides is 1. The van der Waals surface area contributed by atoms with Crippen LogP contribution in [-0.4, -0.2) is 33.2 Å². The van der Waals surface area contributed by atoms with Crippen LogP contribution in [0, 0.1) is 0 Å². The van der Waals surface area contributed by atoms with Gasteiger partial charge in [-0.1, -0.05) is 0 Å². The van der Waals surface area contributed by atoms with Crippen molar-refractivity contribution in [3.05, 3.63) is 0 Å². The predicted octanol–water partition coefficient (Wildman–Crippen LogP) is -0.00460. The first-order valence-electron chi connectivity index (χ1n) is 4.77. The van der Waals surface area contributed by atoms with Gasteiger partial charge in [0.25, 0.3) is 0 Å². The molecular formula is C9H20N2O2S. The van der Waals surface area contributed by atoms with Crippen molar-refractivity contribution in [1.82, 2.24) is 5.32 Å². The first-order chi connectivity index (χ1) is 6.34. The number of carbonyl (C=O) groups is 1. The molecule has 0 fully saturated rings. The Morgan fingerprint density at radius 2 is 1.86 bits per heavy atom. The molecule has 1 amide bonds. The van der Waals surface area contributed by atoms with E-state index in [0.29, 0.717) is 5.75 Å². The van der Waals surface area contributed by atoms with E-state index in [2.05, 4.69) is 5.32 Å². The van der Waals surface area contributed by atoms with Crippen molar-refractivity contribution in [2.24, 2.45) is 5.73 Å². The molecule has 3 atom stereocenters. The fourth-order valence-electron chi connectivity index (χ4n) is 0.925. The molecule has 0 bridgehead atoms. The van der Waals surface area contributed by atoms with Gasteiger partial charge >= 0.3 is 0 Å². The minimum Gasteiger partial charge on any atom is -0.353 e. The molecule has 5 heteroatoms. The molecule has 14 heavy (non-hydrogen) atoms. The lowest BCUT2D eigenvalue weighted by molar-refractivity contribution is -0.120. The Hall–Kier alpha value is -0.420. The lowest BCUT2D eigenvalue weighted by atomic mass is 10.3. The third-order valence-corrected chi connectivity index (χ3v) is 3.48. The first-order valence-corrected chi connectivity index (χ1v) is 6.16. The summed E-state index contributed by atoms with van der Waals surface area (Å²) < 4.78 is 11.5. The molecule has 0 aromatic heterocycles. The highest BCUT2D eigenvalue weighted by Crippen LogP contribution is 1.98. The summed E-state index contributed by atoms with van der Waals surface area (Å²) in [6.45, 7) is 7.19. The van der Waals surface area contributed by atoms with Crippen LogP contribution in [0.1, 0.15) is 27.7 Å². The molecule has 84 valence electrons. The van der Waals surface area contributed by atoms with Gasteiger partial charge < -0.3 is 11.1 Å². The van der Waals surface area contributed by atoms with Crippen molar-refractivity contribution in [3.8, 4) is 0 Å². The average Bonchev–Trinajstić information content (AvgIpc) is 2.00. The second kappa shape index (κ2) is 6.14. The van der Waals surface area contributed by atoms with Crippen LogP contribution in [0.3, 0.4) is 0 Å². The second-order valence-corrected chi connectivity index (χ2v) is 5.63. The fraction of sp³-hybridized carbons (Fsp3) is 0.889. The van der Waals surface area contributed by atoms with Gasteiger partial charge in [-0.25, -0.2) is 0 Å². The third kappa shape index (κ3) is 5.34. The van der Waals surface area contributed by atoms with E-state index in [1.54, 1.807) is 13.8 Å². The molecule has 0 aromatic rings. The lowest BCUT2D eigenvalue weighted by Gasteiger charge is -2.15. The first kappa shape index (κ1) is 13.6. The van der Waals surface area contributed by atoms with Gasteiger partial charge in [0.1, 0.15) is 5.25 Å². The highest BCUT2D eigenvalue weighted by molar-refractivity contribution is 7.86. The van der Waals surface area contributed by atoms with Crippen LogP contribution in [0.15, 0.2) is 0 Å². The molecule has 0 aliphatic carbocycles. The quantitative estimate of drug-likeness (QED) is 0.685. The van der Waals surface area contributed by atoms with Crippen molar-refractivity contribution in [2.75, 3.05) is 5.75 Å². The van der Waals surface area contributed by atoms with E-state index in [0.717, 1.165) is 0 Å². The van der Waals surface area contributed by atoms with E-state index in [4.69, 9.17) is 5.73 Å². The van der Waals surface area contributed by atoms with Gasteiger partial charge in [0.15, 0.2) is 0 Å². The number of hydrogen-bond donors (Lipinski definition) is 2. The highest BCUT2D eigenvalue weighted by Gasteiger charge is 2.20. The zero-order chi connectivity index (χ0) is 11.3. The van der Waals surface area contributed by atoms with Crippen LogP contribution < -0.4 is 11.1 Å². The summed E-state index contributed by atoms with van der Waals surface area (Å²) in [6, 6.07) is -0.0533. The Balaban J connectivity index is 4.11. The van der Waals surface area contributed by atoms with Crippen molar-refractivity contribution >= 4 is 16.7 Å². The molecule has 0 saturated carbocycles. The topological polar surface area (TPSA) is 72.2 Å².